The minimum Gasteiger partial charge on any atom is -0.396 e. The molecule has 0 bridgehead atoms. The van der Waals surface area contributed by atoms with Gasteiger partial charge in [0.1, 0.15) is 0 Å². The van der Waals surface area contributed by atoms with Crippen LogP contribution in [0.3, 0.4) is 0 Å². The highest BCUT2D eigenvalue weighted by molar-refractivity contribution is 6.08. The van der Waals surface area contributed by atoms with Gasteiger partial charge >= 0.3 is 0 Å². The molecule has 0 fully saturated rings. The Labute approximate surface area is 131 Å². The van der Waals surface area contributed by atoms with Gasteiger partial charge in [-0.1, -0.05) is 48.5 Å². The van der Waals surface area contributed by atoms with Crippen molar-refractivity contribution in [3.63, 3.8) is 0 Å². The summed E-state index contributed by atoms with van der Waals surface area (Å²) in [5.74, 6) is 0.0935. The summed E-state index contributed by atoms with van der Waals surface area (Å²) in [6.07, 6.45) is 0.528. The molecule has 3 heteroatoms. The van der Waals surface area contributed by atoms with Crippen molar-refractivity contribution >= 4 is 11.6 Å². The number of anilines is 1. The second-order valence-electron chi connectivity index (χ2n) is 6.26. The lowest BCUT2D eigenvalue weighted by Crippen LogP contribution is -2.39. The number of aliphatic hydroxyl groups excluding tert-OH is 1. The Balaban J connectivity index is 2.11. The Morgan fingerprint density at radius 3 is 2.36 bits per heavy atom. The van der Waals surface area contributed by atoms with Crippen LogP contribution in [0, 0.1) is 0 Å². The Bertz CT molecular complexity index is 679. The topological polar surface area (TPSA) is 40.5 Å². The van der Waals surface area contributed by atoms with E-state index >= 15 is 0 Å². The third-order valence-corrected chi connectivity index (χ3v) is 4.49. The molecule has 1 heterocycles. The molecule has 0 aliphatic carbocycles. The van der Waals surface area contributed by atoms with Gasteiger partial charge in [0.2, 0.25) is 5.91 Å². The van der Waals surface area contributed by atoms with Crippen LogP contribution >= 0.6 is 0 Å². The van der Waals surface area contributed by atoms with Gasteiger partial charge in [0.05, 0.1) is 11.5 Å². The van der Waals surface area contributed by atoms with Crippen LogP contribution in [0.5, 0.6) is 0 Å². The number of carbonyl (C=O) groups is 1. The normalized spacial score (nSPS) is 17.4. The molecule has 0 aromatic heterocycles. The van der Waals surface area contributed by atoms with Crippen LogP contribution in [-0.2, 0) is 10.2 Å². The van der Waals surface area contributed by atoms with Gasteiger partial charge in [0.15, 0.2) is 0 Å². The summed E-state index contributed by atoms with van der Waals surface area (Å²) < 4.78 is 0. The third kappa shape index (κ3) is 2.22. The number of amides is 1. The van der Waals surface area contributed by atoms with Crippen LogP contribution in [0.4, 0.5) is 5.69 Å². The molecular weight excluding hydrogens is 274 g/mol. The van der Waals surface area contributed by atoms with Crippen LogP contribution in [0.1, 0.15) is 37.4 Å². The predicted molar refractivity (Wildman–Crippen MR) is 87.8 cm³/mol. The zero-order valence-electron chi connectivity index (χ0n) is 13.0. The fourth-order valence-electron chi connectivity index (χ4n) is 3.29. The first kappa shape index (κ1) is 14.8. The molecule has 2 aromatic carbocycles. The number of hydrogen-bond acceptors (Lipinski definition) is 2. The van der Waals surface area contributed by atoms with E-state index in [2.05, 4.69) is 0 Å². The summed E-state index contributed by atoms with van der Waals surface area (Å²) in [5, 5.41) is 9.48. The zero-order valence-corrected chi connectivity index (χ0v) is 13.0. The van der Waals surface area contributed by atoms with E-state index in [4.69, 9.17) is 0 Å². The van der Waals surface area contributed by atoms with Gasteiger partial charge in [-0.15, -0.1) is 0 Å². The van der Waals surface area contributed by atoms with Crippen molar-refractivity contribution in [3.05, 3.63) is 65.7 Å². The lowest BCUT2D eigenvalue weighted by atomic mass is 9.86. The molecule has 3 nitrogen and oxygen atoms in total. The van der Waals surface area contributed by atoms with Crippen LogP contribution < -0.4 is 4.90 Å². The van der Waals surface area contributed by atoms with E-state index in [0.29, 0.717) is 6.42 Å². The van der Waals surface area contributed by atoms with Gasteiger partial charge < -0.3 is 10.0 Å². The predicted octanol–water partition coefficient (Wildman–Crippen LogP) is 3.43. The van der Waals surface area contributed by atoms with E-state index in [1.807, 2.05) is 73.3 Å². The highest BCUT2D eigenvalue weighted by Gasteiger charge is 2.46. The summed E-state index contributed by atoms with van der Waals surface area (Å²) in [5.41, 5.74) is 2.54. The summed E-state index contributed by atoms with van der Waals surface area (Å²) in [7, 11) is 0. The number of hydrogen-bond donors (Lipinski definition) is 1. The molecule has 1 aliphatic heterocycles. The Kier molecular flexibility index (Phi) is 3.75. The van der Waals surface area contributed by atoms with Crippen molar-refractivity contribution in [2.24, 2.45) is 0 Å². The zero-order chi connectivity index (χ0) is 15.7. The number of carbonyl (C=O) groups excluding carboxylic acids is 1. The SMILES string of the molecule is CC1(C)C(=O)N([C@@H](CCO)c2ccccc2)c2ccccc21. The summed E-state index contributed by atoms with van der Waals surface area (Å²) >= 11 is 0. The van der Waals surface area contributed by atoms with Gasteiger partial charge in [0, 0.05) is 12.3 Å². The smallest absolute Gasteiger partial charge is 0.237 e. The summed E-state index contributed by atoms with van der Waals surface area (Å²) in [4.78, 5) is 14.9. The average molecular weight is 295 g/mol. The molecule has 0 saturated carbocycles. The number of para-hydroxylation sites is 1. The molecule has 1 aliphatic rings. The standard InChI is InChI=1S/C19H21NO2/c1-19(2)15-10-6-7-11-17(15)20(18(19)22)16(12-13-21)14-8-4-3-5-9-14/h3-11,16,21H,12-13H2,1-2H3/t16-/m0/s1. The van der Waals surface area contributed by atoms with Gasteiger partial charge in [-0.3, -0.25) is 4.79 Å². The molecule has 0 radical (unpaired) electrons. The first-order valence-corrected chi connectivity index (χ1v) is 7.66. The molecule has 3 rings (SSSR count). The first-order chi connectivity index (χ1) is 10.6. The maximum absolute atomic E-state index is 13.0. The van der Waals surface area contributed by atoms with Crippen molar-refractivity contribution in [2.45, 2.75) is 31.7 Å². The molecule has 2 aromatic rings. The Hall–Kier alpha value is -2.13. The molecule has 0 saturated heterocycles. The highest BCUT2D eigenvalue weighted by Crippen LogP contribution is 2.45. The van der Waals surface area contributed by atoms with Crippen LogP contribution in [0.15, 0.2) is 54.6 Å². The molecule has 1 amide bonds. The Morgan fingerprint density at radius 2 is 1.68 bits per heavy atom. The number of nitrogens with zero attached hydrogens (tertiary/aromatic N) is 1. The van der Waals surface area contributed by atoms with Crippen LogP contribution in [0.2, 0.25) is 0 Å². The molecule has 1 N–H and O–H groups in total. The van der Waals surface area contributed by atoms with Gasteiger partial charge in [-0.05, 0) is 37.5 Å². The van der Waals surface area contributed by atoms with Crippen molar-refractivity contribution < 1.29 is 9.90 Å². The second kappa shape index (κ2) is 5.58. The molecule has 1 atom stereocenters. The second-order valence-corrected chi connectivity index (χ2v) is 6.26. The number of benzene rings is 2. The molecular formula is C19H21NO2. The maximum Gasteiger partial charge on any atom is 0.237 e. The summed E-state index contributed by atoms with van der Waals surface area (Å²) in [6.45, 7) is 3.98. The van der Waals surface area contributed by atoms with Gasteiger partial charge in [-0.25, -0.2) is 0 Å². The maximum atomic E-state index is 13.0. The van der Waals surface area contributed by atoms with E-state index in [9.17, 15) is 9.90 Å². The van der Waals surface area contributed by atoms with Gasteiger partial charge in [0.25, 0.3) is 0 Å². The molecule has 22 heavy (non-hydrogen) atoms. The Morgan fingerprint density at radius 1 is 1.05 bits per heavy atom. The van der Waals surface area contributed by atoms with Crippen molar-refractivity contribution in [3.8, 4) is 0 Å². The quantitative estimate of drug-likeness (QED) is 0.938. The lowest BCUT2D eigenvalue weighted by Gasteiger charge is -2.30. The number of rotatable bonds is 4. The van der Waals surface area contributed by atoms with E-state index < -0.39 is 5.41 Å². The first-order valence-electron chi connectivity index (χ1n) is 7.66. The minimum atomic E-state index is -0.529. The van der Waals surface area contributed by atoms with E-state index in [-0.39, 0.29) is 18.6 Å². The van der Waals surface area contributed by atoms with E-state index in [0.717, 1.165) is 16.8 Å². The van der Waals surface area contributed by atoms with Crippen molar-refractivity contribution in [1.29, 1.82) is 0 Å². The fraction of sp³-hybridized carbons (Fsp3) is 0.316. The lowest BCUT2D eigenvalue weighted by molar-refractivity contribution is -0.122. The van der Waals surface area contributed by atoms with Gasteiger partial charge in [-0.2, -0.15) is 0 Å². The summed E-state index contributed by atoms with van der Waals surface area (Å²) in [6, 6.07) is 17.7. The van der Waals surface area contributed by atoms with Crippen molar-refractivity contribution in [2.75, 3.05) is 11.5 Å². The van der Waals surface area contributed by atoms with Crippen LogP contribution in [-0.4, -0.2) is 17.6 Å². The molecule has 114 valence electrons. The van der Waals surface area contributed by atoms with Crippen LogP contribution in [0.25, 0.3) is 0 Å². The monoisotopic (exact) mass is 295 g/mol. The highest BCUT2D eigenvalue weighted by atomic mass is 16.3. The van der Waals surface area contributed by atoms with E-state index in [1.54, 1.807) is 0 Å². The third-order valence-electron chi connectivity index (χ3n) is 4.49. The average Bonchev–Trinajstić information content (AvgIpc) is 2.74. The largest absolute Gasteiger partial charge is 0.396 e. The van der Waals surface area contributed by atoms with E-state index in [1.165, 1.54) is 0 Å². The number of fused-ring (bicyclic) bond motifs is 1. The molecule has 0 unspecified atom stereocenters. The van der Waals surface area contributed by atoms with Crippen molar-refractivity contribution in [1.82, 2.24) is 0 Å². The number of aliphatic hydroxyl groups is 1. The molecule has 0 spiro atoms. The fourth-order valence-corrected chi connectivity index (χ4v) is 3.29. The minimum absolute atomic E-state index is 0.0476.